The summed E-state index contributed by atoms with van der Waals surface area (Å²) >= 11 is 5.83. The summed E-state index contributed by atoms with van der Waals surface area (Å²) in [7, 11) is -4.07. The molecule has 0 saturated heterocycles. The molecule has 0 radical (unpaired) electrons. The molecular formula is C17H16ClF3N2O3S. The highest BCUT2D eigenvalue weighted by molar-refractivity contribution is 7.92. The smallest absolute Gasteiger partial charge is 0.343 e. The van der Waals surface area contributed by atoms with Crippen LogP contribution in [0.25, 0.3) is 0 Å². The third-order valence-corrected chi connectivity index (χ3v) is 5.41. The van der Waals surface area contributed by atoms with Crippen molar-refractivity contribution in [2.24, 2.45) is 0 Å². The molecule has 0 bridgehead atoms. The monoisotopic (exact) mass is 420 g/mol. The fourth-order valence-electron chi connectivity index (χ4n) is 2.14. The van der Waals surface area contributed by atoms with E-state index in [0.29, 0.717) is 5.69 Å². The van der Waals surface area contributed by atoms with E-state index in [2.05, 4.69) is 4.72 Å². The minimum atomic E-state index is -4.60. The van der Waals surface area contributed by atoms with Gasteiger partial charge in [-0.1, -0.05) is 17.7 Å². The van der Waals surface area contributed by atoms with E-state index in [4.69, 9.17) is 11.6 Å². The molecule has 5 nitrogen and oxygen atoms in total. The number of hydrogen-bond donors (Lipinski definition) is 2. The maximum atomic E-state index is 12.5. The zero-order valence-electron chi connectivity index (χ0n) is 14.3. The molecule has 2 aromatic carbocycles. The Morgan fingerprint density at radius 2 is 1.74 bits per heavy atom. The van der Waals surface area contributed by atoms with Crippen molar-refractivity contribution >= 4 is 33.2 Å². The number of aryl methyl sites for hydroxylation is 2. The second-order valence-electron chi connectivity index (χ2n) is 5.84. The van der Waals surface area contributed by atoms with E-state index < -0.39 is 28.7 Å². The zero-order valence-corrected chi connectivity index (χ0v) is 15.9. The lowest BCUT2D eigenvalue weighted by atomic mass is 10.1. The zero-order chi connectivity index (χ0) is 20.4. The van der Waals surface area contributed by atoms with Crippen LogP contribution in [0.2, 0.25) is 5.02 Å². The highest BCUT2D eigenvalue weighted by Crippen LogP contribution is 2.24. The molecule has 2 aromatic rings. The third kappa shape index (κ3) is 5.61. The second kappa shape index (κ2) is 7.77. The van der Waals surface area contributed by atoms with E-state index in [1.54, 1.807) is 23.5 Å². The van der Waals surface area contributed by atoms with Crippen molar-refractivity contribution in [2.75, 3.05) is 11.3 Å². The summed E-state index contributed by atoms with van der Waals surface area (Å²) in [5, 5.41) is 1.49. The van der Waals surface area contributed by atoms with Gasteiger partial charge < -0.3 is 5.32 Å². The van der Waals surface area contributed by atoms with Crippen LogP contribution in [-0.4, -0.2) is 27.0 Å². The quantitative estimate of drug-likeness (QED) is 0.766. The number of benzene rings is 2. The van der Waals surface area contributed by atoms with E-state index >= 15 is 0 Å². The predicted octanol–water partition coefficient (Wildman–Crippen LogP) is 4.05. The van der Waals surface area contributed by atoms with Crippen LogP contribution < -0.4 is 10.0 Å². The van der Waals surface area contributed by atoms with Crippen molar-refractivity contribution in [1.29, 1.82) is 0 Å². The molecule has 0 aromatic heterocycles. The third-order valence-electron chi connectivity index (χ3n) is 3.70. The summed E-state index contributed by atoms with van der Waals surface area (Å²) < 4.78 is 64.2. The highest BCUT2D eigenvalue weighted by Gasteiger charge is 2.28. The number of amides is 1. The minimum absolute atomic E-state index is 0.167. The fraction of sp³-hybridized carbons (Fsp3) is 0.235. The van der Waals surface area contributed by atoms with Gasteiger partial charge in [0, 0.05) is 5.69 Å². The summed E-state index contributed by atoms with van der Waals surface area (Å²) in [5.74, 6) is -1.12. The van der Waals surface area contributed by atoms with Crippen molar-refractivity contribution in [3.8, 4) is 0 Å². The number of hydrogen-bond acceptors (Lipinski definition) is 3. The van der Waals surface area contributed by atoms with Crippen molar-refractivity contribution < 1.29 is 26.4 Å². The van der Waals surface area contributed by atoms with E-state index in [0.717, 1.165) is 29.3 Å². The van der Waals surface area contributed by atoms with Gasteiger partial charge in [0.2, 0.25) is 0 Å². The Balaban J connectivity index is 2.29. The first-order chi connectivity index (χ1) is 12.4. The van der Waals surface area contributed by atoms with Crippen LogP contribution in [0.15, 0.2) is 41.3 Å². The van der Waals surface area contributed by atoms with Crippen molar-refractivity contribution in [3.05, 3.63) is 58.1 Å². The fourth-order valence-corrected chi connectivity index (χ4v) is 3.42. The number of anilines is 1. The van der Waals surface area contributed by atoms with Gasteiger partial charge in [-0.05, 0) is 55.3 Å². The molecule has 0 unspecified atom stereocenters. The Hall–Kier alpha value is -2.26. The molecule has 10 heteroatoms. The second-order valence-corrected chi connectivity index (χ2v) is 7.93. The molecule has 0 saturated carbocycles. The number of alkyl halides is 3. The van der Waals surface area contributed by atoms with E-state index in [-0.39, 0.29) is 15.5 Å². The summed E-state index contributed by atoms with van der Waals surface area (Å²) in [4.78, 5) is 11.6. The van der Waals surface area contributed by atoms with Crippen LogP contribution >= 0.6 is 11.6 Å². The van der Waals surface area contributed by atoms with Crippen LogP contribution in [0.3, 0.4) is 0 Å². The molecule has 0 aliphatic carbocycles. The van der Waals surface area contributed by atoms with Gasteiger partial charge in [0.15, 0.2) is 0 Å². The van der Waals surface area contributed by atoms with Gasteiger partial charge >= 0.3 is 6.18 Å². The van der Waals surface area contributed by atoms with Gasteiger partial charge in [-0.25, -0.2) is 8.42 Å². The van der Waals surface area contributed by atoms with Gasteiger partial charge in [0.1, 0.15) is 6.54 Å². The summed E-state index contributed by atoms with van der Waals surface area (Å²) in [5.41, 5.74) is 1.80. The Labute approximate surface area is 159 Å². The molecule has 0 aliphatic rings. The van der Waals surface area contributed by atoms with Crippen LogP contribution in [-0.2, 0) is 10.0 Å². The molecule has 2 N–H and O–H groups in total. The normalized spacial score (nSPS) is 11.9. The van der Waals surface area contributed by atoms with Gasteiger partial charge in [0.25, 0.3) is 15.9 Å². The molecule has 0 fully saturated rings. The first-order valence-corrected chi connectivity index (χ1v) is 9.50. The molecule has 0 atom stereocenters. The summed E-state index contributed by atoms with van der Waals surface area (Å²) in [6.07, 6.45) is -4.60. The van der Waals surface area contributed by atoms with Gasteiger partial charge in [-0.15, -0.1) is 0 Å². The topological polar surface area (TPSA) is 75.3 Å². The predicted molar refractivity (Wildman–Crippen MR) is 96.6 cm³/mol. The average molecular weight is 421 g/mol. The SMILES string of the molecule is Cc1ccc(NS(=O)(=O)c2ccc(Cl)c(C(=O)NCC(F)(F)F)c2)cc1C. The van der Waals surface area contributed by atoms with Crippen LogP contribution in [0, 0.1) is 13.8 Å². The minimum Gasteiger partial charge on any atom is -0.343 e. The van der Waals surface area contributed by atoms with E-state index in [9.17, 15) is 26.4 Å². The van der Waals surface area contributed by atoms with Crippen molar-refractivity contribution in [1.82, 2.24) is 5.32 Å². The van der Waals surface area contributed by atoms with Gasteiger partial charge in [-0.2, -0.15) is 13.2 Å². The van der Waals surface area contributed by atoms with Crippen LogP contribution in [0.4, 0.5) is 18.9 Å². The number of sulfonamides is 1. The van der Waals surface area contributed by atoms with E-state index in [1.165, 1.54) is 0 Å². The average Bonchev–Trinajstić information content (AvgIpc) is 2.55. The molecule has 2 rings (SSSR count). The molecule has 0 heterocycles. The Kier molecular flexibility index (Phi) is 6.06. The maximum Gasteiger partial charge on any atom is 0.405 e. The Morgan fingerprint density at radius 3 is 2.33 bits per heavy atom. The standard InChI is InChI=1S/C17H16ClF3N2O3S/c1-10-3-4-12(7-11(10)2)23-27(25,26)13-5-6-15(18)14(8-13)16(24)22-9-17(19,20)21/h3-8,23H,9H2,1-2H3,(H,22,24). The number of carbonyl (C=O) groups excluding carboxylic acids is 1. The lowest BCUT2D eigenvalue weighted by molar-refractivity contribution is -0.123. The molecular weight excluding hydrogens is 405 g/mol. The maximum absolute atomic E-state index is 12.5. The molecule has 0 spiro atoms. The summed E-state index contributed by atoms with van der Waals surface area (Å²) in [6.45, 7) is 2.14. The Morgan fingerprint density at radius 1 is 1.07 bits per heavy atom. The van der Waals surface area contributed by atoms with Crippen LogP contribution in [0.1, 0.15) is 21.5 Å². The highest BCUT2D eigenvalue weighted by atomic mass is 35.5. The largest absolute Gasteiger partial charge is 0.405 e. The van der Waals surface area contributed by atoms with Crippen LogP contribution in [0.5, 0.6) is 0 Å². The van der Waals surface area contributed by atoms with E-state index in [1.807, 2.05) is 13.8 Å². The van der Waals surface area contributed by atoms with Crippen molar-refractivity contribution in [2.45, 2.75) is 24.9 Å². The lowest BCUT2D eigenvalue weighted by Crippen LogP contribution is -2.34. The van der Waals surface area contributed by atoms with Crippen molar-refractivity contribution in [3.63, 3.8) is 0 Å². The summed E-state index contributed by atoms with van der Waals surface area (Å²) in [6, 6.07) is 8.18. The van der Waals surface area contributed by atoms with Gasteiger partial charge in [-0.3, -0.25) is 9.52 Å². The molecule has 0 aliphatic heterocycles. The number of nitrogens with one attached hydrogen (secondary N) is 2. The lowest BCUT2D eigenvalue weighted by Gasteiger charge is -2.12. The molecule has 1 amide bonds. The first-order valence-electron chi connectivity index (χ1n) is 7.63. The molecule has 27 heavy (non-hydrogen) atoms. The Bertz CT molecular complexity index is 976. The number of carbonyl (C=O) groups is 1. The first kappa shape index (κ1) is 21.0. The molecule has 146 valence electrons. The van der Waals surface area contributed by atoms with Gasteiger partial charge in [0.05, 0.1) is 15.5 Å². The number of rotatable bonds is 5. The number of halogens is 4.